The molecule has 2 aliphatic heterocycles. The average molecular weight is 271 g/mol. The van der Waals surface area contributed by atoms with Crippen LogP contribution in [0.15, 0.2) is 28.8 Å². The Hall–Kier alpha value is -1.72. The molecule has 0 aliphatic carbocycles. The largest absolute Gasteiger partial charge is 0.374 e. The molecular formula is C15H17N3O2. The molecule has 2 N–H and O–H groups in total. The van der Waals surface area contributed by atoms with Crippen molar-refractivity contribution in [1.29, 1.82) is 0 Å². The Morgan fingerprint density at radius 3 is 2.70 bits per heavy atom. The normalized spacial score (nSPS) is 28.1. The van der Waals surface area contributed by atoms with E-state index in [9.17, 15) is 0 Å². The maximum absolute atomic E-state index is 5.85. The molecule has 2 aromatic rings. The second kappa shape index (κ2) is 4.68. The first-order valence-electron chi connectivity index (χ1n) is 7.12. The number of ether oxygens (including phenoxy) is 1. The van der Waals surface area contributed by atoms with E-state index in [1.54, 1.807) is 0 Å². The number of nitrogens with zero attached hydrogens (tertiary/aromatic N) is 2. The summed E-state index contributed by atoms with van der Waals surface area (Å²) in [5.74, 6) is 1.66. The fraction of sp³-hybridized carbons (Fsp3) is 0.467. The third-order valence-electron chi connectivity index (χ3n) is 4.32. The van der Waals surface area contributed by atoms with Gasteiger partial charge in [-0.05, 0) is 37.0 Å². The first kappa shape index (κ1) is 12.1. The minimum Gasteiger partial charge on any atom is -0.374 e. The van der Waals surface area contributed by atoms with Crippen molar-refractivity contribution >= 4 is 0 Å². The monoisotopic (exact) mass is 271 g/mol. The highest BCUT2D eigenvalue weighted by atomic mass is 16.5. The number of hydrogen-bond donors (Lipinski definition) is 1. The Labute approximate surface area is 117 Å². The van der Waals surface area contributed by atoms with Crippen LogP contribution in [-0.2, 0) is 11.3 Å². The van der Waals surface area contributed by atoms with Gasteiger partial charge in [-0.25, -0.2) is 0 Å². The van der Waals surface area contributed by atoms with E-state index in [0.717, 1.165) is 29.8 Å². The highest BCUT2D eigenvalue weighted by molar-refractivity contribution is 5.53. The van der Waals surface area contributed by atoms with Gasteiger partial charge in [-0.1, -0.05) is 17.3 Å². The lowest BCUT2D eigenvalue weighted by Gasteiger charge is -2.13. The summed E-state index contributed by atoms with van der Waals surface area (Å²) in [5, 5.41) is 4.15. The molecule has 4 rings (SSSR count). The molecule has 1 aromatic carbocycles. The zero-order chi connectivity index (χ0) is 13.5. The molecule has 104 valence electrons. The second-order valence-electron chi connectivity index (χ2n) is 5.57. The lowest BCUT2D eigenvalue weighted by molar-refractivity contribution is 0.0996. The van der Waals surface area contributed by atoms with Gasteiger partial charge in [-0.2, -0.15) is 4.98 Å². The van der Waals surface area contributed by atoms with E-state index in [0.29, 0.717) is 24.5 Å². The summed E-state index contributed by atoms with van der Waals surface area (Å²) in [6, 6.07) is 7.91. The molecule has 0 spiro atoms. The molecule has 2 bridgehead atoms. The average Bonchev–Trinajstić information content (AvgIpc) is 3.23. The highest BCUT2D eigenvalue weighted by Crippen LogP contribution is 2.43. The lowest BCUT2D eigenvalue weighted by Crippen LogP contribution is -2.15. The van der Waals surface area contributed by atoms with Crippen molar-refractivity contribution in [2.45, 2.75) is 43.9 Å². The number of fused-ring (bicyclic) bond motifs is 2. The quantitative estimate of drug-likeness (QED) is 0.926. The van der Waals surface area contributed by atoms with E-state index in [1.807, 2.05) is 24.3 Å². The lowest BCUT2D eigenvalue weighted by atomic mass is 9.89. The fourth-order valence-electron chi connectivity index (χ4n) is 3.20. The third-order valence-corrected chi connectivity index (χ3v) is 4.32. The molecule has 2 fully saturated rings. The summed E-state index contributed by atoms with van der Waals surface area (Å²) in [6.07, 6.45) is 3.99. The summed E-state index contributed by atoms with van der Waals surface area (Å²) in [7, 11) is 0. The zero-order valence-electron chi connectivity index (χ0n) is 11.2. The van der Waals surface area contributed by atoms with Gasteiger partial charge in [0.2, 0.25) is 0 Å². The van der Waals surface area contributed by atoms with E-state index in [1.165, 1.54) is 6.42 Å². The van der Waals surface area contributed by atoms with Crippen molar-refractivity contribution in [2.75, 3.05) is 0 Å². The van der Waals surface area contributed by atoms with Crippen LogP contribution in [0.5, 0.6) is 0 Å². The van der Waals surface area contributed by atoms with E-state index in [4.69, 9.17) is 15.0 Å². The fourth-order valence-corrected chi connectivity index (χ4v) is 3.20. The van der Waals surface area contributed by atoms with Gasteiger partial charge in [0.25, 0.3) is 5.89 Å². The Bertz CT molecular complexity index is 608. The first-order valence-corrected chi connectivity index (χ1v) is 7.12. The molecule has 0 saturated carbocycles. The molecule has 5 nitrogen and oxygen atoms in total. The van der Waals surface area contributed by atoms with E-state index in [-0.39, 0.29) is 6.10 Å². The molecule has 2 aliphatic rings. The number of aromatic nitrogens is 2. The second-order valence-corrected chi connectivity index (χ2v) is 5.57. The maximum atomic E-state index is 5.85. The van der Waals surface area contributed by atoms with Gasteiger partial charge in [0.15, 0.2) is 5.82 Å². The van der Waals surface area contributed by atoms with Gasteiger partial charge in [-0.15, -0.1) is 0 Å². The Balaban J connectivity index is 1.58. The van der Waals surface area contributed by atoms with E-state index >= 15 is 0 Å². The zero-order valence-corrected chi connectivity index (χ0v) is 11.2. The standard InChI is InChI=1S/C15H17N3O2/c16-8-9-1-3-10(4-2-9)15-17-14(18-20-15)12-7-11-5-6-13(12)19-11/h1-4,11-13H,5-8,16H2. The highest BCUT2D eigenvalue weighted by Gasteiger charge is 2.43. The summed E-state index contributed by atoms with van der Waals surface area (Å²) < 4.78 is 11.2. The van der Waals surface area contributed by atoms with Gasteiger partial charge >= 0.3 is 0 Å². The van der Waals surface area contributed by atoms with Gasteiger partial charge in [0.1, 0.15) is 0 Å². The minimum absolute atomic E-state index is 0.282. The van der Waals surface area contributed by atoms with E-state index in [2.05, 4.69) is 10.1 Å². The van der Waals surface area contributed by atoms with Crippen LogP contribution < -0.4 is 5.73 Å². The predicted octanol–water partition coefficient (Wildman–Crippen LogP) is 2.23. The van der Waals surface area contributed by atoms with Crippen LogP contribution in [0.3, 0.4) is 0 Å². The third kappa shape index (κ3) is 1.94. The summed E-state index contributed by atoms with van der Waals surface area (Å²) >= 11 is 0. The molecule has 5 heteroatoms. The van der Waals surface area contributed by atoms with Crippen LogP contribution in [-0.4, -0.2) is 22.3 Å². The number of rotatable bonds is 3. The first-order chi connectivity index (χ1) is 9.83. The summed E-state index contributed by atoms with van der Waals surface area (Å²) in [4.78, 5) is 4.55. The van der Waals surface area contributed by atoms with Crippen molar-refractivity contribution in [3.8, 4) is 11.5 Å². The SMILES string of the molecule is NCc1ccc(-c2nc(C3CC4CCC3O4)no2)cc1. The molecule has 3 unspecified atom stereocenters. The van der Waals surface area contributed by atoms with Gasteiger partial charge in [0, 0.05) is 12.1 Å². The molecule has 3 atom stereocenters. The van der Waals surface area contributed by atoms with Crippen molar-refractivity contribution in [1.82, 2.24) is 10.1 Å². The Kier molecular flexibility index (Phi) is 2.82. The maximum Gasteiger partial charge on any atom is 0.257 e. The van der Waals surface area contributed by atoms with E-state index < -0.39 is 0 Å². The molecule has 0 amide bonds. The van der Waals surface area contributed by atoms with Crippen molar-refractivity contribution in [3.63, 3.8) is 0 Å². The predicted molar refractivity (Wildman–Crippen MR) is 72.9 cm³/mol. The van der Waals surface area contributed by atoms with Crippen LogP contribution in [0.2, 0.25) is 0 Å². The summed E-state index contributed by atoms with van der Waals surface area (Å²) in [6.45, 7) is 0.540. The molecule has 2 saturated heterocycles. The van der Waals surface area contributed by atoms with Gasteiger partial charge in [-0.3, -0.25) is 0 Å². The van der Waals surface area contributed by atoms with Gasteiger partial charge in [0.05, 0.1) is 18.1 Å². The number of hydrogen-bond acceptors (Lipinski definition) is 5. The number of nitrogens with two attached hydrogens (primary N) is 1. The van der Waals surface area contributed by atoms with Crippen molar-refractivity contribution in [2.24, 2.45) is 5.73 Å². The minimum atomic E-state index is 0.282. The van der Waals surface area contributed by atoms with Crippen molar-refractivity contribution in [3.05, 3.63) is 35.7 Å². The van der Waals surface area contributed by atoms with Crippen LogP contribution >= 0.6 is 0 Å². The van der Waals surface area contributed by atoms with Crippen LogP contribution in [0.25, 0.3) is 11.5 Å². The molecule has 20 heavy (non-hydrogen) atoms. The molecule has 0 radical (unpaired) electrons. The smallest absolute Gasteiger partial charge is 0.257 e. The van der Waals surface area contributed by atoms with Gasteiger partial charge < -0.3 is 15.0 Å². The molecule has 1 aromatic heterocycles. The van der Waals surface area contributed by atoms with Crippen LogP contribution in [0.4, 0.5) is 0 Å². The number of benzene rings is 1. The van der Waals surface area contributed by atoms with Crippen LogP contribution in [0.1, 0.15) is 36.6 Å². The Morgan fingerprint density at radius 1 is 1.20 bits per heavy atom. The summed E-state index contributed by atoms with van der Waals surface area (Å²) in [5.41, 5.74) is 7.62. The van der Waals surface area contributed by atoms with Crippen LogP contribution in [0, 0.1) is 0 Å². The van der Waals surface area contributed by atoms with Crippen molar-refractivity contribution < 1.29 is 9.26 Å². The Morgan fingerprint density at radius 2 is 2.05 bits per heavy atom. The molecular weight excluding hydrogens is 254 g/mol. The molecule has 3 heterocycles. The topological polar surface area (TPSA) is 74.2 Å².